The number of rotatable bonds is 8. The molecule has 1 rings (SSSR count). The molecule has 4 heteroatoms. The first-order valence-electron chi connectivity index (χ1n) is 6.74. The first kappa shape index (κ1) is 14.9. The van der Waals surface area contributed by atoms with Crippen LogP contribution in [-0.2, 0) is 4.74 Å². The molecule has 0 aromatic carbocycles. The van der Waals surface area contributed by atoms with E-state index in [2.05, 4.69) is 24.1 Å². The van der Waals surface area contributed by atoms with E-state index >= 15 is 0 Å². The van der Waals surface area contributed by atoms with Crippen molar-refractivity contribution in [2.24, 2.45) is 5.92 Å². The Labute approximate surface area is 105 Å². The average molecular weight is 244 g/mol. The van der Waals surface area contributed by atoms with Crippen LogP contribution in [0.2, 0.25) is 0 Å². The van der Waals surface area contributed by atoms with Gasteiger partial charge in [0.1, 0.15) is 0 Å². The van der Waals surface area contributed by atoms with Crippen molar-refractivity contribution < 1.29 is 9.84 Å². The number of nitrogens with zero attached hydrogens (tertiary/aromatic N) is 1. The number of hydrogen-bond acceptors (Lipinski definition) is 4. The van der Waals surface area contributed by atoms with Crippen LogP contribution in [0.3, 0.4) is 0 Å². The molecule has 102 valence electrons. The van der Waals surface area contributed by atoms with Crippen LogP contribution in [0.4, 0.5) is 0 Å². The highest BCUT2D eigenvalue weighted by atomic mass is 16.5. The van der Waals surface area contributed by atoms with Gasteiger partial charge < -0.3 is 20.1 Å². The summed E-state index contributed by atoms with van der Waals surface area (Å²) in [6.45, 7) is 8.74. The number of likely N-dealkylation sites (tertiary alicyclic amines) is 1. The Balaban J connectivity index is 2.17. The lowest BCUT2D eigenvalue weighted by atomic mass is 10.1. The smallest absolute Gasteiger partial charge is 0.0585 e. The molecule has 1 fully saturated rings. The van der Waals surface area contributed by atoms with Crippen molar-refractivity contribution in [3.8, 4) is 0 Å². The van der Waals surface area contributed by atoms with Crippen molar-refractivity contribution in [2.45, 2.75) is 38.8 Å². The highest BCUT2D eigenvalue weighted by Crippen LogP contribution is 2.16. The summed E-state index contributed by atoms with van der Waals surface area (Å²) < 4.78 is 5.19. The van der Waals surface area contributed by atoms with E-state index in [9.17, 15) is 5.11 Å². The third-order valence-corrected chi connectivity index (χ3v) is 3.36. The normalized spacial score (nSPS) is 23.5. The molecule has 4 nitrogen and oxygen atoms in total. The monoisotopic (exact) mass is 244 g/mol. The van der Waals surface area contributed by atoms with Crippen molar-refractivity contribution in [3.05, 3.63) is 0 Å². The summed E-state index contributed by atoms with van der Waals surface area (Å²) in [4.78, 5) is 2.48. The van der Waals surface area contributed by atoms with Crippen molar-refractivity contribution >= 4 is 0 Å². The number of methoxy groups -OCH3 is 1. The van der Waals surface area contributed by atoms with Gasteiger partial charge in [-0.3, -0.25) is 0 Å². The first-order chi connectivity index (χ1) is 8.15. The van der Waals surface area contributed by atoms with E-state index in [1.807, 2.05) is 0 Å². The van der Waals surface area contributed by atoms with Gasteiger partial charge >= 0.3 is 0 Å². The Bertz CT molecular complexity index is 200. The lowest BCUT2D eigenvalue weighted by Gasteiger charge is -2.22. The van der Waals surface area contributed by atoms with E-state index in [-0.39, 0.29) is 12.6 Å². The molecule has 2 unspecified atom stereocenters. The van der Waals surface area contributed by atoms with Gasteiger partial charge in [-0.2, -0.15) is 0 Å². The van der Waals surface area contributed by atoms with E-state index < -0.39 is 0 Å². The molecule has 1 aliphatic rings. The fourth-order valence-electron chi connectivity index (χ4n) is 2.52. The van der Waals surface area contributed by atoms with E-state index in [4.69, 9.17) is 4.74 Å². The number of aliphatic hydroxyl groups is 1. The van der Waals surface area contributed by atoms with Crippen LogP contribution in [0, 0.1) is 5.92 Å². The molecule has 2 N–H and O–H groups in total. The Kier molecular flexibility index (Phi) is 7.04. The Morgan fingerprint density at radius 2 is 2.24 bits per heavy atom. The molecule has 0 bridgehead atoms. The van der Waals surface area contributed by atoms with Crippen LogP contribution in [-0.4, -0.2) is 62.0 Å². The van der Waals surface area contributed by atoms with Gasteiger partial charge in [0.2, 0.25) is 0 Å². The second-order valence-corrected chi connectivity index (χ2v) is 5.40. The van der Waals surface area contributed by atoms with Gasteiger partial charge in [0.15, 0.2) is 0 Å². The Hall–Kier alpha value is -0.160. The quantitative estimate of drug-likeness (QED) is 0.660. The summed E-state index contributed by atoms with van der Waals surface area (Å²) in [5, 5.41) is 12.7. The van der Waals surface area contributed by atoms with Crippen LogP contribution < -0.4 is 5.32 Å². The lowest BCUT2D eigenvalue weighted by Crippen LogP contribution is -2.40. The maximum absolute atomic E-state index is 9.28. The number of ether oxygens (including phenoxy) is 1. The van der Waals surface area contributed by atoms with Gasteiger partial charge in [-0.15, -0.1) is 0 Å². The zero-order valence-electron chi connectivity index (χ0n) is 11.5. The van der Waals surface area contributed by atoms with Crippen LogP contribution in [0.15, 0.2) is 0 Å². The van der Waals surface area contributed by atoms with Gasteiger partial charge in [0.25, 0.3) is 0 Å². The maximum Gasteiger partial charge on any atom is 0.0585 e. The zero-order chi connectivity index (χ0) is 12.7. The molecule has 0 aliphatic carbocycles. The summed E-state index contributed by atoms with van der Waals surface area (Å²) >= 11 is 0. The number of nitrogens with one attached hydrogen (secondary N) is 1. The molecule has 17 heavy (non-hydrogen) atoms. The predicted molar refractivity (Wildman–Crippen MR) is 70.2 cm³/mol. The number of aliphatic hydroxyl groups excluding tert-OH is 1. The van der Waals surface area contributed by atoms with E-state index in [0.717, 1.165) is 26.1 Å². The van der Waals surface area contributed by atoms with Crippen molar-refractivity contribution in [1.82, 2.24) is 10.2 Å². The standard InChI is InChI=1S/C13H28N2O2/c1-11(2)14-13(9-16)5-7-15-6-4-12(8-15)10-17-3/h11-14,16H,4-10H2,1-3H3. The van der Waals surface area contributed by atoms with E-state index in [1.165, 1.54) is 13.0 Å². The molecule has 1 aliphatic heterocycles. The minimum atomic E-state index is 0.230. The fraction of sp³-hybridized carbons (Fsp3) is 1.00. The molecule has 0 aromatic heterocycles. The van der Waals surface area contributed by atoms with Crippen LogP contribution in [0.5, 0.6) is 0 Å². The Morgan fingerprint density at radius 3 is 2.82 bits per heavy atom. The summed E-state index contributed by atoms with van der Waals surface area (Å²) in [5.41, 5.74) is 0. The largest absolute Gasteiger partial charge is 0.395 e. The third kappa shape index (κ3) is 5.82. The molecule has 0 aromatic rings. The van der Waals surface area contributed by atoms with Crippen molar-refractivity contribution in [3.63, 3.8) is 0 Å². The van der Waals surface area contributed by atoms with Crippen molar-refractivity contribution in [1.29, 1.82) is 0 Å². The third-order valence-electron chi connectivity index (χ3n) is 3.36. The van der Waals surface area contributed by atoms with Crippen LogP contribution in [0.25, 0.3) is 0 Å². The average Bonchev–Trinajstić information content (AvgIpc) is 2.72. The van der Waals surface area contributed by atoms with Crippen LogP contribution >= 0.6 is 0 Å². The zero-order valence-corrected chi connectivity index (χ0v) is 11.5. The van der Waals surface area contributed by atoms with Gasteiger partial charge in [-0.05, 0) is 31.8 Å². The highest BCUT2D eigenvalue weighted by molar-refractivity contribution is 4.77. The maximum atomic E-state index is 9.28. The Morgan fingerprint density at radius 1 is 1.47 bits per heavy atom. The molecule has 0 amide bonds. The molecule has 1 saturated heterocycles. The summed E-state index contributed by atoms with van der Waals surface area (Å²) in [6.07, 6.45) is 2.27. The van der Waals surface area contributed by atoms with Gasteiger partial charge in [0, 0.05) is 25.7 Å². The van der Waals surface area contributed by atoms with E-state index in [1.54, 1.807) is 7.11 Å². The SMILES string of the molecule is COCC1CCN(CCC(CO)NC(C)C)C1. The molecule has 0 spiro atoms. The summed E-state index contributed by atoms with van der Waals surface area (Å²) in [6, 6.07) is 0.670. The van der Waals surface area contributed by atoms with Gasteiger partial charge in [-0.1, -0.05) is 13.8 Å². The highest BCUT2D eigenvalue weighted by Gasteiger charge is 2.22. The van der Waals surface area contributed by atoms with Gasteiger partial charge in [-0.25, -0.2) is 0 Å². The van der Waals surface area contributed by atoms with Gasteiger partial charge in [0.05, 0.1) is 13.2 Å². The lowest BCUT2D eigenvalue weighted by molar-refractivity contribution is 0.151. The predicted octanol–water partition coefficient (Wildman–Crippen LogP) is 0.704. The van der Waals surface area contributed by atoms with Crippen molar-refractivity contribution in [2.75, 3.05) is 40.0 Å². The minimum Gasteiger partial charge on any atom is -0.395 e. The first-order valence-corrected chi connectivity index (χ1v) is 6.74. The summed E-state index contributed by atoms with van der Waals surface area (Å²) in [5.74, 6) is 0.700. The number of hydrogen-bond donors (Lipinski definition) is 2. The summed E-state index contributed by atoms with van der Waals surface area (Å²) in [7, 11) is 1.77. The minimum absolute atomic E-state index is 0.230. The molecular formula is C13H28N2O2. The molecule has 0 radical (unpaired) electrons. The molecular weight excluding hydrogens is 216 g/mol. The second kappa shape index (κ2) is 8.03. The topological polar surface area (TPSA) is 44.7 Å². The molecule has 1 heterocycles. The second-order valence-electron chi connectivity index (χ2n) is 5.40. The fourth-order valence-corrected chi connectivity index (χ4v) is 2.52. The van der Waals surface area contributed by atoms with E-state index in [0.29, 0.717) is 12.0 Å². The van der Waals surface area contributed by atoms with Crippen LogP contribution in [0.1, 0.15) is 26.7 Å². The molecule has 2 atom stereocenters. The molecule has 0 saturated carbocycles.